The van der Waals surface area contributed by atoms with E-state index < -0.39 is 0 Å². The molecule has 0 radical (unpaired) electrons. The van der Waals surface area contributed by atoms with Crippen molar-refractivity contribution < 1.29 is 0 Å². The lowest BCUT2D eigenvalue weighted by Gasteiger charge is -2.27. The quantitative estimate of drug-likeness (QED) is 0.153. The Kier molecular flexibility index (Phi) is 7.78. The van der Waals surface area contributed by atoms with E-state index in [2.05, 4.69) is 216 Å². The SMILES string of the molecule is c1ccc(N(c2ccccc2)c2ccc(-c3ccc4c(c3)Sc3cccc5c3c-4cc3ccc(N(c4ccccc4)c4ccccc4)cc35)cc2)cc1. The standard InChI is InChI=1S/C50H34N2S/c1-5-14-38(15-6-1)51(39-16-7-2-8-17-39)42-28-24-35(25-29-42)36-27-31-44-47-32-37-26-30-43(52(40-18-9-3-10-19-40)41-20-11-4-12-21-41)34-46(37)45-22-13-23-48(50(45)47)53-49(44)33-36/h1-34H. The van der Waals surface area contributed by atoms with Gasteiger partial charge in [0.1, 0.15) is 0 Å². The van der Waals surface area contributed by atoms with Crippen LogP contribution in [0.25, 0.3) is 43.8 Å². The lowest BCUT2D eigenvalue weighted by atomic mass is 9.91. The van der Waals surface area contributed by atoms with Crippen LogP contribution in [0.5, 0.6) is 0 Å². The lowest BCUT2D eigenvalue weighted by Crippen LogP contribution is -2.09. The van der Waals surface area contributed by atoms with Gasteiger partial charge in [0.15, 0.2) is 0 Å². The van der Waals surface area contributed by atoms with Gasteiger partial charge in [0.05, 0.1) is 0 Å². The normalized spacial score (nSPS) is 11.7. The second-order valence-electron chi connectivity index (χ2n) is 13.4. The van der Waals surface area contributed by atoms with Gasteiger partial charge in [-0.05, 0) is 129 Å². The highest BCUT2D eigenvalue weighted by atomic mass is 32.2. The van der Waals surface area contributed by atoms with Gasteiger partial charge >= 0.3 is 0 Å². The predicted molar refractivity (Wildman–Crippen MR) is 226 cm³/mol. The zero-order valence-corrected chi connectivity index (χ0v) is 29.7. The molecule has 0 saturated carbocycles. The molecule has 1 aliphatic rings. The molecule has 0 N–H and O–H groups in total. The second-order valence-corrected chi connectivity index (χ2v) is 14.5. The third kappa shape index (κ3) is 5.63. The van der Waals surface area contributed by atoms with Crippen LogP contribution in [-0.2, 0) is 0 Å². The Morgan fingerprint density at radius 1 is 0.302 bits per heavy atom. The monoisotopic (exact) mass is 694 g/mol. The number of hydrogen-bond acceptors (Lipinski definition) is 3. The Hall–Kier alpha value is -6.55. The molecule has 2 nitrogen and oxygen atoms in total. The van der Waals surface area contributed by atoms with Crippen molar-refractivity contribution >= 4 is 67.4 Å². The van der Waals surface area contributed by atoms with Crippen molar-refractivity contribution in [2.75, 3.05) is 9.80 Å². The van der Waals surface area contributed by atoms with Gasteiger partial charge in [-0.3, -0.25) is 0 Å². The average Bonchev–Trinajstić information content (AvgIpc) is 3.23. The molecule has 1 aliphatic heterocycles. The summed E-state index contributed by atoms with van der Waals surface area (Å²) in [6, 6.07) is 74.4. The van der Waals surface area contributed by atoms with E-state index in [1.54, 1.807) is 0 Å². The van der Waals surface area contributed by atoms with Gasteiger partial charge < -0.3 is 9.80 Å². The molecule has 0 aliphatic carbocycles. The minimum absolute atomic E-state index is 1.13. The molecule has 1 heterocycles. The summed E-state index contributed by atoms with van der Waals surface area (Å²) < 4.78 is 0. The largest absolute Gasteiger partial charge is 0.311 e. The van der Waals surface area contributed by atoms with Crippen molar-refractivity contribution in [2.24, 2.45) is 0 Å². The summed E-state index contributed by atoms with van der Waals surface area (Å²) in [5.74, 6) is 0. The number of fused-ring (bicyclic) bond motifs is 4. The van der Waals surface area contributed by atoms with Crippen LogP contribution in [0.1, 0.15) is 0 Å². The third-order valence-corrected chi connectivity index (χ3v) is 11.3. The fraction of sp³-hybridized carbons (Fsp3) is 0. The van der Waals surface area contributed by atoms with Crippen molar-refractivity contribution in [1.29, 1.82) is 0 Å². The number of benzene rings is 9. The van der Waals surface area contributed by atoms with Crippen molar-refractivity contribution in [1.82, 2.24) is 0 Å². The first-order chi connectivity index (χ1) is 26.3. The molecule has 0 aromatic heterocycles. The van der Waals surface area contributed by atoms with Gasteiger partial charge in [-0.25, -0.2) is 0 Å². The van der Waals surface area contributed by atoms with Gasteiger partial charge in [-0.1, -0.05) is 127 Å². The molecular formula is C50H34N2S. The molecule has 0 atom stereocenters. The fourth-order valence-corrected chi connectivity index (χ4v) is 8.91. The Morgan fingerprint density at radius 2 is 0.811 bits per heavy atom. The summed E-state index contributed by atoms with van der Waals surface area (Å²) in [5, 5.41) is 5.13. The van der Waals surface area contributed by atoms with E-state index in [1.807, 2.05) is 11.8 Å². The van der Waals surface area contributed by atoms with E-state index in [1.165, 1.54) is 53.6 Å². The van der Waals surface area contributed by atoms with E-state index in [-0.39, 0.29) is 0 Å². The van der Waals surface area contributed by atoms with Crippen LogP contribution in [-0.4, -0.2) is 0 Å². The van der Waals surface area contributed by atoms with Gasteiger partial charge in [-0.2, -0.15) is 0 Å². The number of anilines is 6. The summed E-state index contributed by atoms with van der Waals surface area (Å²) >= 11 is 1.88. The summed E-state index contributed by atoms with van der Waals surface area (Å²) in [4.78, 5) is 7.23. The average molecular weight is 695 g/mol. The molecule has 10 rings (SSSR count). The molecule has 0 saturated heterocycles. The van der Waals surface area contributed by atoms with Crippen LogP contribution in [0, 0.1) is 0 Å². The summed E-state index contributed by atoms with van der Waals surface area (Å²) in [6.45, 7) is 0. The molecule has 9 aromatic carbocycles. The first kappa shape index (κ1) is 31.2. The zero-order chi connectivity index (χ0) is 35.1. The maximum absolute atomic E-state index is 2.40. The van der Waals surface area contributed by atoms with E-state index in [0.29, 0.717) is 0 Å². The van der Waals surface area contributed by atoms with Crippen molar-refractivity contribution in [3.63, 3.8) is 0 Å². The highest BCUT2D eigenvalue weighted by Crippen LogP contribution is 2.51. The maximum Gasteiger partial charge on any atom is 0.0468 e. The smallest absolute Gasteiger partial charge is 0.0468 e. The lowest BCUT2D eigenvalue weighted by molar-refractivity contribution is 1.28. The van der Waals surface area contributed by atoms with Crippen molar-refractivity contribution in [3.05, 3.63) is 206 Å². The molecule has 0 amide bonds. The van der Waals surface area contributed by atoms with E-state index in [0.717, 1.165) is 34.1 Å². The van der Waals surface area contributed by atoms with Gasteiger partial charge in [0.25, 0.3) is 0 Å². The molecule has 3 heteroatoms. The van der Waals surface area contributed by atoms with Crippen LogP contribution in [0.3, 0.4) is 0 Å². The van der Waals surface area contributed by atoms with Gasteiger partial charge in [0, 0.05) is 49.3 Å². The Labute approximate surface area is 314 Å². The molecule has 0 spiro atoms. The molecule has 53 heavy (non-hydrogen) atoms. The molecular weight excluding hydrogens is 661 g/mol. The number of hydrogen-bond donors (Lipinski definition) is 0. The number of nitrogens with zero attached hydrogens (tertiary/aromatic N) is 2. The first-order valence-corrected chi connectivity index (χ1v) is 18.8. The van der Waals surface area contributed by atoms with Crippen LogP contribution in [0.15, 0.2) is 216 Å². The molecule has 0 bridgehead atoms. The highest BCUT2D eigenvalue weighted by molar-refractivity contribution is 7.99. The Bertz CT molecular complexity index is 2650. The van der Waals surface area contributed by atoms with Crippen LogP contribution in [0.2, 0.25) is 0 Å². The predicted octanol–water partition coefficient (Wildman–Crippen LogP) is 14.7. The first-order valence-electron chi connectivity index (χ1n) is 18.0. The van der Waals surface area contributed by atoms with Gasteiger partial charge in [-0.15, -0.1) is 0 Å². The molecule has 9 aromatic rings. The maximum atomic E-state index is 2.40. The Morgan fingerprint density at radius 3 is 1.40 bits per heavy atom. The van der Waals surface area contributed by atoms with Crippen LogP contribution < -0.4 is 9.80 Å². The summed E-state index contributed by atoms with van der Waals surface area (Å²) in [7, 11) is 0. The Balaban J connectivity index is 1.03. The number of rotatable bonds is 7. The van der Waals surface area contributed by atoms with E-state index in [9.17, 15) is 0 Å². The van der Waals surface area contributed by atoms with Crippen LogP contribution in [0.4, 0.5) is 34.1 Å². The third-order valence-electron chi connectivity index (χ3n) is 10.2. The minimum Gasteiger partial charge on any atom is -0.311 e. The second kappa shape index (κ2) is 13.2. The molecule has 0 unspecified atom stereocenters. The van der Waals surface area contributed by atoms with E-state index in [4.69, 9.17) is 0 Å². The minimum atomic E-state index is 1.13. The van der Waals surface area contributed by atoms with Gasteiger partial charge in [0.2, 0.25) is 0 Å². The van der Waals surface area contributed by atoms with Crippen LogP contribution >= 0.6 is 11.8 Å². The summed E-state index contributed by atoms with van der Waals surface area (Å²) in [5.41, 5.74) is 11.8. The molecule has 0 fully saturated rings. The van der Waals surface area contributed by atoms with E-state index >= 15 is 0 Å². The van der Waals surface area contributed by atoms with Crippen molar-refractivity contribution in [3.8, 4) is 22.3 Å². The highest BCUT2D eigenvalue weighted by Gasteiger charge is 2.22. The van der Waals surface area contributed by atoms with Crippen molar-refractivity contribution in [2.45, 2.75) is 9.79 Å². The molecule has 250 valence electrons. The fourth-order valence-electron chi connectivity index (χ4n) is 7.73. The number of para-hydroxylation sites is 4. The summed E-state index contributed by atoms with van der Waals surface area (Å²) in [6.07, 6.45) is 0. The topological polar surface area (TPSA) is 6.48 Å². The zero-order valence-electron chi connectivity index (χ0n) is 28.9.